The van der Waals surface area contributed by atoms with Gasteiger partial charge in [0.2, 0.25) is 5.91 Å². The number of pyridine rings is 2. The maximum Gasteiger partial charge on any atom is 0.303 e. The first-order chi connectivity index (χ1) is 20.9. The molecular weight excluding hydrogens is 544 g/mol. The number of oxazole rings is 1. The molecule has 0 aliphatic heterocycles. The molecule has 0 spiro atoms. The number of aromatic nitrogens is 3. The largest absolute Gasteiger partial charge is 0.495 e. The first kappa shape index (κ1) is 29.3. The average molecular weight is 587 g/mol. The van der Waals surface area contributed by atoms with Crippen LogP contribution in [0.3, 0.4) is 0 Å². The fourth-order valence-corrected chi connectivity index (χ4v) is 6.95. The lowest BCUT2D eigenvalue weighted by atomic mass is 9.78. The topological polar surface area (TPSA) is 119 Å². The van der Waals surface area contributed by atoms with E-state index in [0.29, 0.717) is 30.1 Å². The van der Waals surface area contributed by atoms with E-state index in [2.05, 4.69) is 6.07 Å². The molecule has 0 saturated heterocycles. The van der Waals surface area contributed by atoms with Crippen molar-refractivity contribution in [1.82, 2.24) is 15.0 Å². The minimum absolute atomic E-state index is 0.104. The quantitative estimate of drug-likeness (QED) is 0.272. The third-order valence-electron chi connectivity index (χ3n) is 9.68. The molecule has 3 saturated carbocycles. The van der Waals surface area contributed by atoms with Crippen molar-refractivity contribution in [3.63, 3.8) is 0 Å². The Bertz CT molecular complexity index is 1430. The zero-order valence-corrected chi connectivity index (χ0v) is 25.2. The highest BCUT2D eigenvalue weighted by molar-refractivity contribution is 5.94. The van der Waals surface area contributed by atoms with Crippen LogP contribution in [0, 0.1) is 24.7 Å². The van der Waals surface area contributed by atoms with Crippen molar-refractivity contribution in [2.24, 2.45) is 17.8 Å². The molecule has 43 heavy (non-hydrogen) atoms. The van der Waals surface area contributed by atoms with Crippen molar-refractivity contribution in [2.45, 2.75) is 89.4 Å². The molecular formula is C34H42N4O5. The van der Waals surface area contributed by atoms with E-state index in [-0.39, 0.29) is 24.2 Å². The van der Waals surface area contributed by atoms with Gasteiger partial charge in [-0.25, -0.2) is 9.97 Å². The summed E-state index contributed by atoms with van der Waals surface area (Å²) < 4.78 is 11.1. The van der Waals surface area contributed by atoms with Crippen molar-refractivity contribution in [1.29, 1.82) is 0 Å². The maximum absolute atomic E-state index is 14.1. The number of rotatable bonds is 10. The minimum atomic E-state index is -0.759. The molecule has 0 bridgehead atoms. The Labute approximate surface area is 253 Å². The van der Waals surface area contributed by atoms with Crippen molar-refractivity contribution in [3.05, 3.63) is 54.0 Å². The molecule has 9 nitrogen and oxygen atoms in total. The van der Waals surface area contributed by atoms with Gasteiger partial charge in [-0.05, 0) is 107 Å². The lowest BCUT2D eigenvalue weighted by Gasteiger charge is -2.35. The molecule has 0 radical (unpaired) electrons. The third kappa shape index (κ3) is 6.92. The van der Waals surface area contributed by atoms with Gasteiger partial charge in [-0.15, -0.1) is 0 Å². The Hall–Kier alpha value is -3.75. The minimum Gasteiger partial charge on any atom is -0.495 e. The molecule has 9 heteroatoms. The second-order valence-corrected chi connectivity index (χ2v) is 12.8. The smallest absolute Gasteiger partial charge is 0.303 e. The highest BCUT2D eigenvalue weighted by atomic mass is 16.5. The average Bonchev–Trinajstić information content (AvgIpc) is 3.76. The summed E-state index contributed by atoms with van der Waals surface area (Å²) in [5.41, 5.74) is 3.71. The molecule has 3 aromatic rings. The number of aryl methyl sites for hydroxylation is 1. The zero-order valence-electron chi connectivity index (χ0n) is 25.2. The lowest BCUT2D eigenvalue weighted by Crippen LogP contribution is -2.42. The van der Waals surface area contributed by atoms with Gasteiger partial charge in [-0.1, -0.05) is 0 Å². The van der Waals surface area contributed by atoms with E-state index in [4.69, 9.17) is 24.1 Å². The number of nitrogens with zero attached hydrogens (tertiary/aromatic N) is 4. The first-order valence-corrected chi connectivity index (χ1v) is 15.8. The third-order valence-corrected chi connectivity index (χ3v) is 9.68. The van der Waals surface area contributed by atoms with Gasteiger partial charge in [0.15, 0.2) is 5.89 Å². The predicted molar refractivity (Wildman–Crippen MR) is 162 cm³/mol. The normalized spacial score (nSPS) is 24.0. The summed E-state index contributed by atoms with van der Waals surface area (Å²) in [4.78, 5) is 41.5. The number of anilines is 1. The first-order valence-electron chi connectivity index (χ1n) is 15.8. The Kier molecular flexibility index (Phi) is 8.77. The molecule has 3 aliphatic rings. The van der Waals surface area contributed by atoms with Gasteiger partial charge in [0.25, 0.3) is 0 Å². The molecule has 3 aliphatic carbocycles. The van der Waals surface area contributed by atoms with E-state index in [1.807, 2.05) is 30.0 Å². The van der Waals surface area contributed by atoms with Crippen LogP contribution in [0.15, 0.2) is 41.1 Å². The molecule has 3 heterocycles. The molecule has 6 rings (SSSR count). The van der Waals surface area contributed by atoms with Gasteiger partial charge in [-0.2, -0.15) is 0 Å². The zero-order chi connectivity index (χ0) is 29.9. The van der Waals surface area contributed by atoms with E-state index in [0.717, 1.165) is 98.5 Å². The summed E-state index contributed by atoms with van der Waals surface area (Å²) >= 11 is 0. The van der Waals surface area contributed by atoms with E-state index < -0.39 is 5.97 Å². The Morgan fingerprint density at radius 3 is 2.35 bits per heavy atom. The SMILES string of the molecule is COc1ccc([C@H]2CC[C@H](CN(c3cc(-c4coc(C5CC5)n4)ccn3)C(=O)[C@H]3CC[C@H](CC(=O)O)CC3)CC2)nc1C. The number of amides is 1. The van der Waals surface area contributed by atoms with Crippen molar-refractivity contribution < 1.29 is 23.8 Å². The van der Waals surface area contributed by atoms with Crippen LogP contribution in [0.4, 0.5) is 5.82 Å². The maximum atomic E-state index is 14.1. The summed E-state index contributed by atoms with van der Waals surface area (Å²) in [6, 6.07) is 7.99. The van der Waals surface area contributed by atoms with Gasteiger partial charge in [0, 0.05) is 48.2 Å². The van der Waals surface area contributed by atoms with E-state index in [9.17, 15) is 14.7 Å². The molecule has 0 atom stereocenters. The van der Waals surface area contributed by atoms with Crippen LogP contribution in [0.25, 0.3) is 11.3 Å². The van der Waals surface area contributed by atoms with Crippen LogP contribution >= 0.6 is 0 Å². The highest BCUT2D eigenvalue weighted by Crippen LogP contribution is 2.41. The Morgan fingerprint density at radius 2 is 1.67 bits per heavy atom. The number of aliphatic carboxylic acids is 1. The number of carbonyl (C=O) groups excluding carboxylic acids is 1. The summed E-state index contributed by atoms with van der Waals surface area (Å²) in [7, 11) is 1.67. The summed E-state index contributed by atoms with van der Waals surface area (Å²) in [6.45, 7) is 2.61. The van der Waals surface area contributed by atoms with Crippen LogP contribution in [-0.2, 0) is 9.59 Å². The fraction of sp³-hybridized carbons (Fsp3) is 0.559. The van der Waals surface area contributed by atoms with Gasteiger partial charge in [0.05, 0.1) is 12.8 Å². The molecule has 228 valence electrons. The monoisotopic (exact) mass is 586 g/mol. The van der Waals surface area contributed by atoms with Crippen molar-refractivity contribution in [3.8, 4) is 17.0 Å². The van der Waals surface area contributed by atoms with Crippen LogP contribution in [0.1, 0.15) is 99.7 Å². The lowest BCUT2D eigenvalue weighted by molar-refractivity contribution is -0.138. The number of hydrogen-bond acceptors (Lipinski definition) is 7. The van der Waals surface area contributed by atoms with Gasteiger partial charge >= 0.3 is 5.97 Å². The van der Waals surface area contributed by atoms with Gasteiger partial charge < -0.3 is 14.3 Å². The second kappa shape index (κ2) is 12.9. The second-order valence-electron chi connectivity index (χ2n) is 12.8. The van der Waals surface area contributed by atoms with Crippen LogP contribution in [0.2, 0.25) is 0 Å². The fourth-order valence-electron chi connectivity index (χ4n) is 6.95. The summed E-state index contributed by atoms with van der Waals surface area (Å²) in [5.74, 6) is 2.83. The molecule has 1 amide bonds. The summed E-state index contributed by atoms with van der Waals surface area (Å²) in [5, 5.41) is 9.24. The van der Waals surface area contributed by atoms with Crippen LogP contribution in [0.5, 0.6) is 5.75 Å². The number of carbonyl (C=O) groups is 2. The number of ether oxygens (including phenoxy) is 1. The Balaban J connectivity index is 1.18. The van der Waals surface area contributed by atoms with Crippen LogP contribution in [-0.4, -0.2) is 45.6 Å². The predicted octanol–water partition coefficient (Wildman–Crippen LogP) is 6.91. The number of hydrogen-bond donors (Lipinski definition) is 1. The van der Waals surface area contributed by atoms with E-state index in [1.54, 1.807) is 19.6 Å². The Morgan fingerprint density at radius 1 is 0.953 bits per heavy atom. The number of carboxylic acids is 1. The molecule has 1 N–H and O–H groups in total. The molecule has 0 aromatic carbocycles. The number of carboxylic acid groups (broad SMARTS) is 1. The molecule has 3 fully saturated rings. The van der Waals surface area contributed by atoms with Gasteiger partial charge in [-0.3, -0.25) is 19.5 Å². The van der Waals surface area contributed by atoms with Crippen LogP contribution < -0.4 is 9.64 Å². The van der Waals surface area contributed by atoms with E-state index >= 15 is 0 Å². The van der Waals surface area contributed by atoms with E-state index in [1.165, 1.54) is 0 Å². The molecule has 3 aromatic heterocycles. The standard InChI is InChI=1S/C34H42N4O5/c1-21-30(42-2)14-13-28(36-21)24-7-5-23(6-8-24)19-38(34(41)26-9-3-22(4-10-26)17-32(39)40)31-18-27(15-16-35-31)29-20-43-33(37-29)25-11-12-25/h13-16,18,20,22-26H,3-12,17,19H2,1-2H3,(H,39,40)/t22-,23-,24-,26-. The molecule has 0 unspecified atom stereocenters. The van der Waals surface area contributed by atoms with Gasteiger partial charge in [0.1, 0.15) is 23.5 Å². The highest BCUT2D eigenvalue weighted by Gasteiger charge is 2.34. The summed E-state index contributed by atoms with van der Waals surface area (Å²) in [6.07, 6.45) is 13.0. The van der Waals surface area contributed by atoms with Crippen molar-refractivity contribution in [2.75, 3.05) is 18.6 Å². The van der Waals surface area contributed by atoms with Crippen molar-refractivity contribution >= 4 is 17.7 Å². The number of methoxy groups -OCH3 is 1.